The quantitative estimate of drug-likeness (QED) is 0.750. The smallest absolute Gasteiger partial charge is 0.133 e. The minimum Gasteiger partial charge on any atom is -0.385 e. The van der Waals surface area contributed by atoms with E-state index >= 15 is 0 Å². The standard InChI is InChI=1S/C20H29N3O/c1-24-14-8-5-11-21-16-18-15-17-9-3-4-10-19(17)22-20(18)23-12-6-2-7-13-23/h3-4,9-10,15,21H,2,5-8,11-14,16H2,1H3. The number of pyridine rings is 1. The van der Waals surface area contributed by atoms with E-state index in [-0.39, 0.29) is 0 Å². The van der Waals surface area contributed by atoms with Gasteiger partial charge in [0.25, 0.3) is 0 Å². The molecule has 3 rings (SSSR count). The van der Waals surface area contributed by atoms with Gasteiger partial charge in [0.15, 0.2) is 0 Å². The highest BCUT2D eigenvalue weighted by Crippen LogP contribution is 2.26. The molecule has 4 heteroatoms. The molecule has 1 aromatic heterocycles. The van der Waals surface area contributed by atoms with Gasteiger partial charge in [-0.3, -0.25) is 0 Å². The van der Waals surface area contributed by atoms with Crippen LogP contribution in [0.15, 0.2) is 30.3 Å². The topological polar surface area (TPSA) is 37.4 Å². The molecule has 1 aromatic carbocycles. The lowest BCUT2D eigenvalue weighted by molar-refractivity contribution is 0.192. The zero-order valence-electron chi connectivity index (χ0n) is 14.8. The summed E-state index contributed by atoms with van der Waals surface area (Å²) in [5.74, 6) is 1.18. The van der Waals surface area contributed by atoms with E-state index in [2.05, 4.69) is 40.5 Å². The third-order valence-corrected chi connectivity index (χ3v) is 4.70. The number of benzene rings is 1. The normalized spacial score (nSPS) is 15.1. The maximum absolute atomic E-state index is 5.11. The number of nitrogens with one attached hydrogen (secondary N) is 1. The van der Waals surface area contributed by atoms with Crippen LogP contribution in [0.5, 0.6) is 0 Å². The summed E-state index contributed by atoms with van der Waals surface area (Å²) in [6.45, 7) is 5.02. The molecular formula is C20H29N3O. The minimum absolute atomic E-state index is 0.845. The van der Waals surface area contributed by atoms with E-state index < -0.39 is 0 Å². The summed E-state index contributed by atoms with van der Waals surface area (Å²) in [7, 11) is 1.76. The first-order chi connectivity index (χ1) is 11.9. The average Bonchev–Trinajstić information content (AvgIpc) is 2.64. The Morgan fingerprint density at radius 2 is 1.96 bits per heavy atom. The molecule has 0 spiro atoms. The van der Waals surface area contributed by atoms with Crippen molar-refractivity contribution >= 4 is 16.7 Å². The van der Waals surface area contributed by atoms with Gasteiger partial charge in [-0.05, 0) is 50.8 Å². The lowest BCUT2D eigenvalue weighted by atomic mass is 10.1. The molecule has 1 aliphatic heterocycles. The predicted molar refractivity (Wildman–Crippen MR) is 101 cm³/mol. The number of hydrogen-bond donors (Lipinski definition) is 1. The summed E-state index contributed by atoms with van der Waals surface area (Å²) in [4.78, 5) is 7.46. The summed E-state index contributed by atoms with van der Waals surface area (Å²) >= 11 is 0. The van der Waals surface area contributed by atoms with Crippen molar-refractivity contribution in [2.75, 3.05) is 38.3 Å². The number of ether oxygens (including phenoxy) is 1. The van der Waals surface area contributed by atoms with Crippen molar-refractivity contribution in [1.29, 1.82) is 0 Å². The molecule has 0 atom stereocenters. The van der Waals surface area contributed by atoms with Gasteiger partial charge in [0.1, 0.15) is 5.82 Å². The van der Waals surface area contributed by atoms with E-state index in [0.29, 0.717) is 0 Å². The van der Waals surface area contributed by atoms with Crippen molar-refractivity contribution in [1.82, 2.24) is 10.3 Å². The Balaban J connectivity index is 1.73. The van der Waals surface area contributed by atoms with Crippen LogP contribution in [0.25, 0.3) is 10.9 Å². The number of nitrogens with zero attached hydrogens (tertiary/aromatic N) is 2. The molecule has 24 heavy (non-hydrogen) atoms. The number of methoxy groups -OCH3 is 1. The fourth-order valence-corrected chi connectivity index (χ4v) is 3.38. The Labute approximate surface area is 145 Å². The van der Waals surface area contributed by atoms with Crippen LogP contribution in [0.3, 0.4) is 0 Å². The second-order valence-corrected chi connectivity index (χ2v) is 6.59. The zero-order valence-corrected chi connectivity index (χ0v) is 14.8. The van der Waals surface area contributed by atoms with Gasteiger partial charge in [0, 0.05) is 44.3 Å². The van der Waals surface area contributed by atoms with Gasteiger partial charge >= 0.3 is 0 Å². The molecular weight excluding hydrogens is 298 g/mol. The van der Waals surface area contributed by atoms with Crippen LogP contribution in [-0.2, 0) is 11.3 Å². The number of para-hydroxylation sites is 1. The van der Waals surface area contributed by atoms with Crippen LogP contribution in [0.1, 0.15) is 37.7 Å². The van der Waals surface area contributed by atoms with E-state index in [4.69, 9.17) is 9.72 Å². The molecule has 1 aliphatic rings. The second kappa shape index (κ2) is 9.00. The van der Waals surface area contributed by atoms with Crippen LogP contribution >= 0.6 is 0 Å². The highest BCUT2D eigenvalue weighted by Gasteiger charge is 2.16. The molecule has 1 saturated heterocycles. The lowest BCUT2D eigenvalue weighted by Crippen LogP contribution is -2.31. The zero-order chi connectivity index (χ0) is 16.6. The molecule has 0 aliphatic carbocycles. The van der Waals surface area contributed by atoms with Crippen molar-refractivity contribution in [3.05, 3.63) is 35.9 Å². The van der Waals surface area contributed by atoms with Crippen LogP contribution in [-0.4, -0.2) is 38.3 Å². The number of rotatable bonds is 8. The monoisotopic (exact) mass is 327 g/mol. The van der Waals surface area contributed by atoms with Gasteiger partial charge in [-0.1, -0.05) is 18.2 Å². The summed E-state index contributed by atoms with van der Waals surface area (Å²) < 4.78 is 5.11. The molecule has 4 nitrogen and oxygen atoms in total. The van der Waals surface area contributed by atoms with Crippen LogP contribution in [0, 0.1) is 0 Å². The van der Waals surface area contributed by atoms with E-state index in [1.54, 1.807) is 7.11 Å². The first kappa shape index (κ1) is 17.2. The summed E-state index contributed by atoms with van der Waals surface area (Å²) in [5.41, 5.74) is 2.42. The Bertz CT molecular complexity index is 638. The Hall–Kier alpha value is -1.65. The van der Waals surface area contributed by atoms with Gasteiger partial charge in [-0.15, -0.1) is 0 Å². The average molecular weight is 327 g/mol. The van der Waals surface area contributed by atoms with E-state index in [0.717, 1.165) is 51.1 Å². The molecule has 0 saturated carbocycles. The van der Waals surface area contributed by atoms with Gasteiger partial charge in [-0.2, -0.15) is 0 Å². The first-order valence-corrected chi connectivity index (χ1v) is 9.22. The summed E-state index contributed by atoms with van der Waals surface area (Å²) in [6.07, 6.45) is 6.15. The number of hydrogen-bond acceptors (Lipinski definition) is 4. The van der Waals surface area contributed by atoms with Crippen molar-refractivity contribution in [3.63, 3.8) is 0 Å². The maximum atomic E-state index is 5.11. The molecule has 1 fully saturated rings. The molecule has 2 heterocycles. The SMILES string of the molecule is COCCCCNCc1cc2ccccc2nc1N1CCCCC1. The van der Waals surface area contributed by atoms with Gasteiger partial charge in [0.05, 0.1) is 5.52 Å². The van der Waals surface area contributed by atoms with Crippen LogP contribution in [0.4, 0.5) is 5.82 Å². The fourth-order valence-electron chi connectivity index (χ4n) is 3.38. The first-order valence-electron chi connectivity index (χ1n) is 9.22. The second-order valence-electron chi connectivity index (χ2n) is 6.59. The predicted octanol–water partition coefficient (Wildman–Crippen LogP) is 3.74. The van der Waals surface area contributed by atoms with Crippen molar-refractivity contribution < 1.29 is 4.74 Å². The summed E-state index contributed by atoms with van der Waals surface area (Å²) in [6, 6.07) is 10.7. The highest BCUT2D eigenvalue weighted by molar-refractivity contribution is 5.81. The highest BCUT2D eigenvalue weighted by atomic mass is 16.5. The van der Waals surface area contributed by atoms with Crippen molar-refractivity contribution in [2.45, 2.75) is 38.6 Å². The largest absolute Gasteiger partial charge is 0.385 e. The third kappa shape index (κ3) is 4.46. The molecule has 130 valence electrons. The molecule has 0 unspecified atom stereocenters. The van der Waals surface area contributed by atoms with Crippen LogP contribution < -0.4 is 10.2 Å². The fraction of sp³-hybridized carbons (Fsp3) is 0.550. The van der Waals surface area contributed by atoms with Gasteiger partial charge < -0.3 is 15.0 Å². The number of fused-ring (bicyclic) bond motifs is 1. The Morgan fingerprint density at radius 3 is 2.79 bits per heavy atom. The van der Waals surface area contributed by atoms with E-state index in [1.165, 1.54) is 36.0 Å². The lowest BCUT2D eigenvalue weighted by Gasteiger charge is -2.30. The van der Waals surface area contributed by atoms with E-state index in [9.17, 15) is 0 Å². The minimum atomic E-state index is 0.845. The van der Waals surface area contributed by atoms with Gasteiger partial charge in [-0.25, -0.2) is 4.98 Å². The Morgan fingerprint density at radius 1 is 1.12 bits per heavy atom. The molecule has 0 radical (unpaired) electrons. The number of unbranched alkanes of at least 4 members (excludes halogenated alkanes) is 1. The van der Waals surface area contributed by atoms with E-state index in [1.807, 2.05) is 0 Å². The van der Waals surface area contributed by atoms with Crippen molar-refractivity contribution in [2.24, 2.45) is 0 Å². The molecule has 1 N–H and O–H groups in total. The third-order valence-electron chi connectivity index (χ3n) is 4.70. The Kier molecular flexibility index (Phi) is 6.44. The maximum Gasteiger partial charge on any atom is 0.133 e. The summed E-state index contributed by atoms with van der Waals surface area (Å²) in [5, 5.41) is 4.81. The van der Waals surface area contributed by atoms with Crippen molar-refractivity contribution in [3.8, 4) is 0 Å². The van der Waals surface area contributed by atoms with Gasteiger partial charge in [0.2, 0.25) is 0 Å². The number of aromatic nitrogens is 1. The molecule has 0 bridgehead atoms. The number of anilines is 1. The van der Waals surface area contributed by atoms with Crippen LogP contribution in [0.2, 0.25) is 0 Å². The molecule has 0 amide bonds. The number of piperidine rings is 1. The molecule has 2 aromatic rings.